The molecule has 0 aliphatic heterocycles. The first kappa shape index (κ1) is 86.3. The van der Waals surface area contributed by atoms with Gasteiger partial charge in [-0.2, -0.15) is 0 Å². The zero-order valence-electron chi connectivity index (χ0n) is 61.4. The topological polar surface area (TPSA) is 482 Å². The van der Waals surface area contributed by atoms with E-state index in [1.54, 1.807) is 0 Å². The highest BCUT2D eigenvalue weighted by atomic mass is 16.2. The summed E-state index contributed by atoms with van der Waals surface area (Å²) in [5.74, 6) is 0.121. The maximum atomic E-state index is 13.3. The van der Waals surface area contributed by atoms with Crippen molar-refractivity contribution in [2.45, 2.75) is 194 Å². The molecule has 568 valence electrons. The number of para-hydroxylation sites is 2. The minimum absolute atomic E-state index is 0.0230. The van der Waals surface area contributed by atoms with Crippen molar-refractivity contribution in [1.29, 1.82) is 0 Å². The van der Waals surface area contributed by atoms with Gasteiger partial charge in [0.25, 0.3) is 0 Å². The molecule has 0 fully saturated rings. The molecule has 4 aromatic rings. The van der Waals surface area contributed by atoms with Crippen LogP contribution in [0.4, 0.5) is 38.4 Å². The molecule has 0 spiro atoms. The van der Waals surface area contributed by atoms with Gasteiger partial charge in [0.15, 0.2) is 0 Å². The molecule has 0 saturated heterocycles. The third kappa shape index (κ3) is 36.8. The fourth-order valence-electron chi connectivity index (χ4n) is 11.0. The Kier molecular flexibility index (Phi) is 41.6. The van der Waals surface area contributed by atoms with Crippen molar-refractivity contribution in [1.82, 2.24) is 95.0 Å². The molecule has 31 heteroatoms. The summed E-state index contributed by atoms with van der Waals surface area (Å²) in [6, 6.07) is 10.3. The molecule has 0 unspecified atom stereocenters. The maximum absolute atomic E-state index is 13.3. The number of amides is 17. The lowest BCUT2D eigenvalue weighted by Gasteiger charge is -2.26. The van der Waals surface area contributed by atoms with Crippen LogP contribution in [-0.2, 0) is 17.6 Å². The maximum Gasteiger partial charge on any atom is 0.315 e. The molecule has 31 nitrogen and oxygen atoms in total. The van der Waals surface area contributed by atoms with Gasteiger partial charge < -0.3 is 118 Å². The predicted molar refractivity (Wildman–Crippen MR) is 400 cm³/mol. The van der Waals surface area contributed by atoms with E-state index in [-0.39, 0.29) is 118 Å². The second-order valence-electron chi connectivity index (χ2n) is 27.3. The number of benzene rings is 2. The van der Waals surface area contributed by atoms with Crippen LogP contribution >= 0.6 is 0 Å². The molecule has 0 bridgehead atoms. The van der Waals surface area contributed by atoms with Crippen LogP contribution in [0.1, 0.15) is 144 Å². The van der Waals surface area contributed by atoms with E-state index >= 15 is 0 Å². The fourth-order valence-corrected chi connectivity index (χ4v) is 11.0. The van der Waals surface area contributed by atoms with E-state index in [2.05, 4.69) is 102 Å². The van der Waals surface area contributed by atoms with Gasteiger partial charge in [0.1, 0.15) is 0 Å². The summed E-state index contributed by atoms with van der Waals surface area (Å²) < 4.78 is 0. The first-order valence-corrected chi connectivity index (χ1v) is 36.0. The van der Waals surface area contributed by atoms with Crippen LogP contribution in [0.15, 0.2) is 60.9 Å². The molecule has 0 radical (unpaired) electrons. The minimum Gasteiger partial charge on any atom is -0.370 e. The molecule has 8 atom stereocenters. The van der Waals surface area contributed by atoms with E-state index in [1.807, 2.05) is 116 Å². The first-order valence-electron chi connectivity index (χ1n) is 36.0. The zero-order valence-corrected chi connectivity index (χ0v) is 61.4. The largest absolute Gasteiger partial charge is 0.370 e. The Bertz CT molecular complexity index is 3090. The molecule has 0 saturated carbocycles. The van der Waals surface area contributed by atoms with Crippen LogP contribution in [0.2, 0.25) is 0 Å². The van der Waals surface area contributed by atoms with E-state index in [0.29, 0.717) is 64.2 Å². The number of rotatable bonds is 44. The summed E-state index contributed by atoms with van der Waals surface area (Å²) >= 11 is 0. The Hall–Kier alpha value is -8.97. The summed E-state index contributed by atoms with van der Waals surface area (Å²) in [6.07, 6.45) is 12.6. The third-order valence-corrected chi connectivity index (χ3v) is 17.1. The van der Waals surface area contributed by atoms with Crippen LogP contribution in [-0.4, -0.2) is 185 Å². The van der Waals surface area contributed by atoms with E-state index in [1.165, 1.54) is 7.05 Å². The van der Waals surface area contributed by atoms with Crippen LogP contribution in [0, 0.1) is 23.7 Å². The van der Waals surface area contributed by atoms with Crippen LogP contribution < -0.4 is 108 Å². The van der Waals surface area contributed by atoms with Crippen LogP contribution in [0.5, 0.6) is 0 Å². The van der Waals surface area contributed by atoms with Crippen molar-refractivity contribution in [3.05, 3.63) is 72.1 Å². The van der Waals surface area contributed by atoms with E-state index in [4.69, 9.17) is 22.9 Å². The number of urea groups is 8. The second kappa shape index (κ2) is 48.7. The molecule has 101 heavy (non-hydrogen) atoms. The lowest BCUT2D eigenvalue weighted by Crippen LogP contribution is -2.55. The van der Waals surface area contributed by atoms with Gasteiger partial charge in [-0.25, -0.2) is 38.4 Å². The highest BCUT2D eigenvalue weighted by Gasteiger charge is 2.25. The molecule has 0 aliphatic rings. The van der Waals surface area contributed by atoms with Gasteiger partial charge in [-0.1, -0.05) is 104 Å². The average Bonchev–Trinajstić information content (AvgIpc) is 1.70. The van der Waals surface area contributed by atoms with Crippen LogP contribution in [0.25, 0.3) is 21.8 Å². The summed E-state index contributed by atoms with van der Waals surface area (Å²) in [6.45, 7) is 20.9. The first-order chi connectivity index (χ1) is 48.2. The van der Waals surface area contributed by atoms with Gasteiger partial charge in [-0.15, -0.1) is 0 Å². The van der Waals surface area contributed by atoms with Gasteiger partial charge in [0.2, 0.25) is 5.91 Å². The molecule has 4 rings (SSSR count). The number of hydrogen-bond acceptors (Lipinski definition) is 12. The number of aromatic amines is 2. The number of nitrogens with one attached hydrogen (secondary N) is 18. The highest BCUT2D eigenvalue weighted by Crippen LogP contribution is 2.21. The zero-order chi connectivity index (χ0) is 74.7. The Morgan fingerprint density at radius 2 is 0.723 bits per heavy atom. The number of primary amides is 1. The quantitative estimate of drug-likeness (QED) is 0.0268. The molecule has 26 N–H and O–H groups in total. The molecule has 0 aliphatic carbocycles. The number of carbonyl (C=O) groups is 9. The summed E-state index contributed by atoms with van der Waals surface area (Å²) in [5, 5.41) is 48.1. The fraction of sp³-hybridized carbons (Fsp3) is 0.643. The number of nitrogens with two attached hydrogens (primary N) is 4. The van der Waals surface area contributed by atoms with Gasteiger partial charge in [-0.05, 0) is 138 Å². The Labute approximate surface area is 597 Å². The third-order valence-electron chi connectivity index (χ3n) is 17.1. The lowest BCUT2D eigenvalue weighted by molar-refractivity contribution is -0.118. The number of aromatic nitrogens is 2. The summed E-state index contributed by atoms with van der Waals surface area (Å²) in [5.41, 5.74) is 26.2. The van der Waals surface area contributed by atoms with E-state index < -0.39 is 48.2 Å². The molecule has 2 aromatic heterocycles. The number of unbranched alkanes of at least 4 members (excludes halogenated alkanes) is 3. The van der Waals surface area contributed by atoms with Crippen LogP contribution in [0.3, 0.4) is 0 Å². The normalized spacial score (nSPS) is 13.6. The molecule has 2 aromatic carbocycles. The van der Waals surface area contributed by atoms with E-state index in [9.17, 15) is 43.2 Å². The Morgan fingerprint density at radius 1 is 0.376 bits per heavy atom. The number of carbonyl (C=O) groups excluding carboxylic acids is 9. The van der Waals surface area contributed by atoms with Gasteiger partial charge >= 0.3 is 48.2 Å². The molecular weight excluding hydrogens is 1290 g/mol. The average molecular weight is 1420 g/mol. The second-order valence-corrected chi connectivity index (χ2v) is 27.3. The summed E-state index contributed by atoms with van der Waals surface area (Å²) in [7, 11) is 1.52. The van der Waals surface area contributed by atoms with Crippen molar-refractivity contribution in [2.75, 3.05) is 72.5 Å². The Balaban J connectivity index is 0.000000528. The standard InChI is InChI=1S/C36H64N12O5.C34H60N10O4/c1-22(2)30(20-42-32(49)38-7)47-35(52)41-19-27(16-25-17-39-29-14-9-8-13-28(25)29)46-33(50)40-18-26(12-10-11-15-37)45-34(51)43-21-31(23(3)4)48-36(53)44-24(5)6;1-23(2)29(14-15-31(37)45)44-34(48)40-21-26(11-7-9-17-36)42-33(47)41-22-27(18-25-20-38-30-13-5-4-12-28(25)30)43-32(46)39-19-24(3)10-6-8-16-35/h8-9,13-14,17,22-24,26-27,30-31,39H,10-12,15-16,18-21,37H2,1-7H3,(H2,38,42,49)(H2,40,46,50)(H2,41,47,52)(H2,43,45,51)(H2,44,48,53);4-5,12-13,20,23-24,26-27,29,38H,6-11,14-19,21-22,35-36H2,1-3H3,(H2,37,45)(H2,39,43,46)(H2,40,44,48)(H2,41,42,47)/t26-,27-,30+,31+;24-,26-,27-,29+/m00/s1. The predicted octanol–water partition coefficient (Wildman–Crippen LogP) is 4.69. The Morgan fingerprint density at radius 3 is 1.12 bits per heavy atom. The molecule has 2 heterocycles. The number of H-pyrrole nitrogens is 2. The number of hydrogen-bond donors (Lipinski definition) is 22. The monoisotopic (exact) mass is 1420 g/mol. The van der Waals surface area contributed by atoms with Crippen molar-refractivity contribution >= 4 is 76.0 Å². The molecule has 17 amide bonds. The van der Waals surface area contributed by atoms with Crippen molar-refractivity contribution in [3.8, 4) is 0 Å². The smallest absolute Gasteiger partial charge is 0.315 e. The molecular formula is C70H124N22O9. The SMILES string of the molecule is CC(C)[C@@H](CCC(N)=O)NC(=O)NC[C@H](CCCCN)NC(=O)NC[C@H](Cc1c[nH]c2ccccc12)NC(=O)NC[C@@H](C)CCCCN.CNC(=O)NC[C@@H](NC(=O)NC[C@H](Cc1c[nH]c2ccccc12)NC(=O)NC[C@H](CCCCN)NC(=O)NC[C@@H](NC(=O)NC(C)C)C(C)C)C(C)C. The lowest BCUT2D eigenvalue weighted by atomic mass is 9.99. The minimum atomic E-state index is -0.498. The van der Waals surface area contributed by atoms with Gasteiger partial charge in [0.05, 0.1) is 24.2 Å². The van der Waals surface area contributed by atoms with Crippen molar-refractivity contribution < 1.29 is 43.2 Å². The van der Waals surface area contributed by atoms with E-state index in [0.717, 1.165) is 77.9 Å². The van der Waals surface area contributed by atoms with Crippen molar-refractivity contribution in [3.63, 3.8) is 0 Å². The summed E-state index contributed by atoms with van der Waals surface area (Å²) in [4.78, 5) is 120. The van der Waals surface area contributed by atoms with Gasteiger partial charge in [0, 0.05) is 118 Å². The number of fused-ring (bicyclic) bond motifs is 2. The highest BCUT2D eigenvalue weighted by molar-refractivity contribution is 5.85. The van der Waals surface area contributed by atoms with Gasteiger partial charge in [-0.3, -0.25) is 4.79 Å². The van der Waals surface area contributed by atoms with Crippen molar-refractivity contribution in [2.24, 2.45) is 46.6 Å².